The molecule has 7 rings (SSSR count). The van der Waals surface area contributed by atoms with Gasteiger partial charge in [-0.05, 0) is 55.5 Å². The van der Waals surface area contributed by atoms with E-state index in [0.717, 1.165) is 61.2 Å². The fraction of sp³-hybridized carbons (Fsp3) is 0.412. The van der Waals surface area contributed by atoms with E-state index in [1.54, 1.807) is 18.1 Å². The number of methoxy groups -OCH3 is 1. The monoisotopic (exact) mass is 651 g/mol. The van der Waals surface area contributed by atoms with Gasteiger partial charge in [-0.15, -0.1) is 0 Å². The van der Waals surface area contributed by atoms with E-state index in [1.165, 1.54) is 0 Å². The molecule has 1 N–H and O–H groups in total. The van der Waals surface area contributed by atoms with Crippen molar-refractivity contribution < 1.29 is 28.9 Å². The minimum atomic E-state index is -0.955. The number of nitrogens with zero attached hydrogens (tertiary/aromatic N) is 3. The maximum Gasteiger partial charge on any atom is 0.337 e. The zero-order valence-electron chi connectivity index (χ0n) is 25.0. The molecular formula is C34H35Cl2N3O6. The van der Waals surface area contributed by atoms with Gasteiger partial charge in [-0.2, -0.15) is 0 Å². The van der Waals surface area contributed by atoms with Crippen molar-refractivity contribution in [3.63, 3.8) is 0 Å². The third kappa shape index (κ3) is 5.60. The summed E-state index contributed by atoms with van der Waals surface area (Å²) < 4.78 is 17.5. The van der Waals surface area contributed by atoms with E-state index in [2.05, 4.69) is 9.80 Å². The Labute approximate surface area is 272 Å². The first-order valence-corrected chi connectivity index (χ1v) is 16.1. The Bertz CT molecular complexity index is 1600. The Morgan fingerprint density at radius 1 is 0.956 bits per heavy atom. The predicted molar refractivity (Wildman–Crippen MR) is 173 cm³/mol. The van der Waals surface area contributed by atoms with Gasteiger partial charge in [0, 0.05) is 37.0 Å². The van der Waals surface area contributed by atoms with Crippen molar-refractivity contribution in [1.29, 1.82) is 0 Å². The molecule has 1 amide bonds. The first-order valence-electron chi connectivity index (χ1n) is 15.4. The highest BCUT2D eigenvalue weighted by atomic mass is 35.5. The molecule has 0 aromatic heterocycles. The van der Waals surface area contributed by atoms with E-state index < -0.39 is 5.97 Å². The summed E-state index contributed by atoms with van der Waals surface area (Å²) in [5, 5.41) is 10.6. The molecule has 0 aliphatic carbocycles. The SMILES string of the molecule is COC1CCN(c2cc(Cl)c(C(=O)N3COc4c(cccc4-c4ccc(C(=O)O)c(N5C6CCC5COC6)c4)C3)c(Cl)c2)CC1. The van der Waals surface area contributed by atoms with Crippen molar-refractivity contribution >= 4 is 46.5 Å². The molecule has 11 heteroatoms. The molecule has 3 fully saturated rings. The molecular weight excluding hydrogens is 617 g/mol. The summed E-state index contributed by atoms with van der Waals surface area (Å²) >= 11 is 13.4. The quantitative estimate of drug-likeness (QED) is 0.330. The number of ether oxygens (including phenoxy) is 3. The highest BCUT2D eigenvalue weighted by Gasteiger charge is 2.39. The molecule has 3 saturated heterocycles. The van der Waals surface area contributed by atoms with Crippen LogP contribution in [0.5, 0.6) is 5.75 Å². The Hall–Kier alpha value is -3.50. The average molecular weight is 653 g/mol. The maximum absolute atomic E-state index is 13.7. The third-order valence-corrected chi connectivity index (χ3v) is 10.1. The minimum Gasteiger partial charge on any atom is -0.478 e. The first-order chi connectivity index (χ1) is 21.8. The molecule has 2 unspecified atom stereocenters. The molecule has 0 radical (unpaired) electrons. The number of piperidine rings is 1. The zero-order chi connectivity index (χ0) is 31.2. The Morgan fingerprint density at radius 3 is 2.33 bits per heavy atom. The summed E-state index contributed by atoms with van der Waals surface area (Å²) in [5.74, 6) is -0.585. The molecule has 0 saturated carbocycles. The average Bonchev–Trinajstić information content (AvgIpc) is 3.30. The van der Waals surface area contributed by atoms with Crippen LogP contribution in [0.4, 0.5) is 11.4 Å². The standard InChI is InChI=1S/C34H35Cl2N3O6/c1-43-25-9-11-37(12-10-25)24-14-28(35)31(29(36)15-24)33(40)38-16-21-3-2-4-26(32(21)45-19-38)20-5-8-27(34(41)42)30(13-20)39-22-6-7-23(39)18-44-17-22/h2-5,8,13-15,22-23,25H,6-7,9-12,16-19H2,1H3,(H,41,42). The van der Waals surface area contributed by atoms with Crippen molar-refractivity contribution in [2.75, 3.05) is 49.9 Å². The number of amides is 1. The van der Waals surface area contributed by atoms with E-state index in [-0.39, 0.29) is 42.0 Å². The third-order valence-electron chi connectivity index (χ3n) is 9.55. The molecule has 4 heterocycles. The van der Waals surface area contributed by atoms with E-state index in [0.29, 0.717) is 41.2 Å². The smallest absolute Gasteiger partial charge is 0.337 e. The largest absolute Gasteiger partial charge is 0.478 e. The lowest BCUT2D eigenvalue weighted by Gasteiger charge is -2.37. The Balaban J connectivity index is 1.14. The van der Waals surface area contributed by atoms with Gasteiger partial charge >= 0.3 is 5.97 Å². The van der Waals surface area contributed by atoms with Crippen LogP contribution in [0.15, 0.2) is 48.5 Å². The normalized spacial score (nSPS) is 21.4. The zero-order valence-corrected chi connectivity index (χ0v) is 26.5. The molecule has 3 aromatic rings. The fourth-order valence-electron chi connectivity index (χ4n) is 7.20. The van der Waals surface area contributed by atoms with Crippen LogP contribution in [0.3, 0.4) is 0 Å². The summed E-state index contributed by atoms with van der Waals surface area (Å²) in [6.07, 6.45) is 4.04. The van der Waals surface area contributed by atoms with Gasteiger partial charge in [0.2, 0.25) is 0 Å². The topological polar surface area (TPSA) is 91.8 Å². The van der Waals surface area contributed by atoms with Crippen LogP contribution in [0, 0.1) is 0 Å². The van der Waals surface area contributed by atoms with Gasteiger partial charge in [0.15, 0.2) is 6.73 Å². The maximum atomic E-state index is 13.7. The highest BCUT2D eigenvalue weighted by molar-refractivity contribution is 6.40. The van der Waals surface area contributed by atoms with Gasteiger partial charge in [-0.3, -0.25) is 4.79 Å². The molecule has 0 spiro atoms. The van der Waals surface area contributed by atoms with Crippen LogP contribution < -0.4 is 14.5 Å². The lowest BCUT2D eigenvalue weighted by Crippen LogP contribution is -2.46. The second kappa shape index (κ2) is 12.4. The number of morpholine rings is 1. The van der Waals surface area contributed by atoms with Gasteiger partial charge < -0.3 is 34.0 Å². The molecule has 45 heavy (non-hydrogen) atoms. The van der Waals surface area contributed by atoms with Gasteiger partial charge in [0.05, 0.1) is 64.8 Å². The fourth-order valence-corrected chi connectivity index (χ4v) is 7.84. The molecule has 3 aromatic carbocycles. The number of hydrogen-bond donors (Lipinski definition) is 1. The Kier molecular flexibility index (Phi) is 8.29. The summed E-state index contributed by atoms with van der Waals surface area (Å²) in [7, 11) is 1.74. The number of para-hydroxylation sites is 1. The second-order valence-corrected chi connectivity index (χ2v) is 13.0. The van der Waals surface area contributed by atoms with E-state index >= 15 is 0 Å². The van der Waals surface area contributed by atoms with Gasteiger partial charge in [-0.1, -0.05) is 47.5 Å². The van der Waals surface area contributed by atoms with Crippen molar-refractivity contribution in [3.8, 4) is 16.9 Å². The molecule has 2 bridgehead atoms. The minimum absolute atomic E-state index is 0.0233. The van der Waals surface area contributed by atoms with E-state index in [9.17, 15) is 14.7 Å². The molecule has 4 aliphatic rings. The van der Waals surface area contributed by atoms with E-state index in [1.807, 2.05) is 42.5 Å². The van der Waals surface area contributed by atoms with Gasteiger partial charge in [0.1, 0.15) is 5.75 Å². The van der Waals surface area contributed by atoms with Crippen molar-refractivity contribution in [2.45, 2.75) is 50.4 Å². The number of anilines is 2. The van der Waals surface area contributed by atoms with Crippen molar-refractivity contribution in [1.82, 2.24) is 4.90 Å². The van der Waals surface area contributed by atoms with Crippen LogP contribution in [0.25, 0.3) is 11.1 Å². The first kappa shape index (κ1) is 30.2. The number of hydrogen-bond acceptors (Lipinski definition) is 7. The second-order valence-electron chi connectivity index (χ2n) is 12.1. The van der Waals surface area contributed by atoms with Crippen LogP contribution in [-0.2, 0) is 16.0 Å². The van der Waals surface area contributed by atoms with Crippen LogP contribution >= 0.6 is 23.2 Å². The van der Waals surface area contributed by atoms with E-state index in [4.69, 9.17) is 37.4 Å². The van der Waals surface area contributed by atoms with Crippen molar-refractivity contribution in [3.05, 3.63) is 75.3 Å². The lowest BCUT2D eigenvalue weighted by molar-refractivity contribution is 0.0516. The molecule has 9 nitrogen and oxygen atoms in total. The number of carbonyl (C=O) groups excluding carboxylic acids is 1. The summed E-state index contributed by atoms with van der Waals surface area (Å²) in [6.45, 7) is 3.18. The van der Waals surface area contributed by atoms with Crippen LogP contribution in [-0.4, -0.2) is 80.2 Å². The Morgan fingerprint density at radius 2 is 1.67 bits per heavy atom. The lowest BCUT2D eigenvalue weighted by atomic mass is 9.97. The summed E-state index contributed by atoms with van der Waals surface area (Å²) in [6, 6.07) is 15.2. The number of halogens is 2. The molecule has 4 aliphatic heterocycles. The number of aromatic carboxylic acids is 1. The van der Waals surface area contributed by atoms with Crippen molar-refractivity contribution in [2.24, 2.45) is 0 Å². The number of carboxylic acid groups (broad SMARTS) is 1. The molecule has 2 atom stereocenters. The number of fused-ring (bicyclic) bond motifs is 3. The van der Waals surface area contributed by atoms with Gasteiger partial charge in [0.25, 0.3) is 5.91 Å². The highest BCUT2D eigenvalue weighted by Crippen LogP contribution is 2.42. The summed E-state index contributed by atoms with van der Waals surface area (Å²) in [5.41, 5.74) is 4.67. The summed E-state index contributed by atoms with van der Waals surface area (Å²) in [4.78, 5) is 32.0. The number of rotatable bonds is 6. The van der Waals surface area contributed by atoms with Crippen LogP contribution in [0.1, 0.15) is 52.0 Å². The number of carbonyl (C=O) groups is 2. The number of carboxylic acids is 1. The number of benzene rings is 3. The molecule has 236 valence electrons. The van der Waals surface area contributed by atoms with Crippen LogP contribution in [0.2, 0.25) is 10.0 Å². The predicted octanol–water partition coefficient (Wildman–Crippen LogP) is 6.33. The van der Waals surface area contributed by atoms with Gasteiger partial charge in [-0.25, -0.2) is 4.79 Å².